The molecule has 2 heterocycles. The first-order chi connectivity index (χ1) is 18.4. The van der Waals surface area contributed by atoms with Gasteiger partial charge in [-0.3, -0.25) is 4.79 Å². The van der Waals surface area contributed by atoms with Gasteiger partial charge in [0.1, 0.15) is 17.7 Å². The highest BCUT2D eigenvalue weighted by Crippen LogP contribution is 2.33. The van der Waals surface area contributed by atoms with Crippen LogP contribution >= 0.6 is 0 Å². The number of sulfonamides is 1. The van der Waals surface area contributed by atoms with Crippen molar-refractivity contribution in [1.82, 2.24) is 14.6 Å². The van der Waals surface area contributed by atoms with Gasteiger partial charge >= 0.3 is 5.97 Å². The van der Waals surface area contributed by atoms with Gasteiger partial charge < -0.3 is 20.8 Å². The van der Waals surface area contributed by atoms with Crippen molar-refractivity contribution in [3.8, 4) is 0 Å². The largest absolute Gasteiger partial charge is 0.458 e. The molecule has 0 aliphatic carbocycles. The second-order valence-electron chi connectivity index (χ2n) is 11.1. The van der Waals surface area contributed by atoms with Gasteiger partial charge in [-0.2, -0.15) is 4.31 Å². The maximum atomic E-state index is 13.9. The van der Waals surface area contributed by atoms with Crippen molar-refractivity contribution in [2.24, 2.45) is 5.73 Å². The van der Waals surface area contributed by atoms with E-state index in [9.17, 15) is 18.0 Å². The molecule has 4 N–H and O–H groups in total. The summed E-state index contributed by atoms with van der Waals surface area (Å²) in [7, 11) is -4.04. The van der Waals surface area contributed by atoms with Gasteiger partial charge in [-0.25, -0.2) is 13.2 Å². The van der Waals surface area contributed by atoms with Crippen molar-refractivity contribution in [3.05, 3.63) is 65.4 Å². The van der Waals surface area contributed by atoms with Crippen LogP contribution in [0.25, 0.3) is 10.9 Å². The molecule has 3 aromatic rings. The molecule has 0 saturated heterocycles. The number of nitrogens with zero attached hydrogens (tertiary/aromatic N) is 1. The minimum atomic E-state index is -4.04. The van der Waals surface area contributed by atoms with Crippen LogP contribution in [0, 0.1) is 6.92 Å². The highest BCUT2D eigenvalue weighted by atomic mass is 32.2. The SMILES string of the molecule is Cc1ccc(S(=O)(=O)N2Cc3[nH]c4ccccc4c3CC2C(=O)NC(CCCCN)C(=O)OC(C)(C)C)cc1. The molecule has 0 saturated carbocycles. The number of benzene rings is 2. The van der Waals surface area contributed by atoms with Crippen LogP contribution in [0.4, 0.5) is 0 Å². The van der Waals surface area contributed by atoms with Crippen molar-refractivity contribution in [3.63, 3.8) is 0 Å². The average Bonchev–Trinajstić information content (AvgIpc) is 3.24. The third-order valence-electron chi connectivity index (χ3n) is 6.85. The van der Waals surface area contributed by atoms with Crippen LogP contribution in [0.5, 0.6) is 0 Å². The maximum Gasteiger partial charge on any atom is 0.329 e. The molecule has 0 spiro atoms. The molecule has 2 aromatic carbocycles. The summed E-state index contributed by atoms with van der Waals surface area (Å²) in [4.78, 5) is 30.3. The van der Waals surface area contributed by atoms with Crippen LogP contribution in [-0.2, 0) is 37.3 Å². The van der Waals surface area contributed by atoms with Gasteiger partial charge in [0.25, 0.3) is 0 Å². The fourth-order valence-electron chi connectivity index (χ4n) is 4.89. The quantitative estimate of drug-likeness (QED) is 0.274. The zero-order chi connectivity index (χ0) is 28.4. The number of aromatic nitrogens is 1. The first-order valence-electron chi connectivity index (χ1n) is 13.3. The molecule has 2 unspecified atom stereocenters. The number of aryl methyl sites for hydroxylation is 1. The molecular weight excluding hydrogens is 516 g/mol. The van der Waals surface area contributed by atoms with E-state index in [1.54, 1.807) is 45.0 Å². The number of rotatable bonds is 9. The Balaban J connectivity index is 1.70. The summed E-state index contributed by atoms with van der Waals surface area (Å²) in [5, 5.41) is 3.78. The highest BCUT2D eigenvalue weighted by molar-refractivity contribution is 7.89. The predicted octanol–water partition coefficient (Wildman–Crippen LogP) is 3.55. The summed E-state index contributed by atoms with van der Waals surface area (Å²) in [6.45, 7) is 7.63. The Morgan fingerprint density at radius 2 is 1.82 bits per heavy atom. The molecule has 0 fully saturated rings. The Kier molecular flexibility index (Phi) is 8.48. The van der Waals surface area contributed by atoms with Crippen LogP contribution in [0.1, 0.15) is 56.9 Å². The smallest absolute Gasteiger partial charge is 0.329 e. The van der Waals surface area contributed by atoms with Crippen LogP contribution in [0.3, 0.4) is 0 Å². The normalized spacial score (nSPS) is 17.0. The van der Waals surface area contributed by atoms with Crippen molar-refractivity contribution >= 4 is 32.8 Å². The number of fused-ring (bicyclic) bond motifs is 3. The Hall–Kier alpha value is -3.21. The minimum Gasteiger partial charge on any atom is -0.458 e. The number of carbonyl (C=O) groups is 2. The molecule has 210 valence electrons. The summed E-state index contributed by atoms with van der Waals surface area (Å²) in [5.74, 6) is -1.09. The van der Waals surface area contributed by atoms with Gasteiger partial charge in [-0.1, -0.05) is 35.9 Å². The Morgan fingerprint density at radius 1 is 1.13 bits per heavy atom. The zero-order valence-corrected chi connectivity index (χ0v) is 23.8. The van der Waals surface area contributed by atoms with Crippen LogP contribution < -0.4 is 11.1 Å². The van der Waals surface area contributed by atoms with Crippen molar-refractivity contribution in [2.45, 2.75) is 82.5 Å². The Bertz CT molecular complexity index is 1440. The number of hydrogen-bond donors (Lipinski definition) is 3. The lowest BCUT2D eigenvalue weighted by Gasteiger charge is -2.35. The van der Waals surface area contributed by atoms with Gasteiger partial charge in [0.05, 0.1) is 11.4 Å². The van der Waals surface area contributed by atoms with Gasteiger partial charge in [-0.05, 0) is 77.3 Å². The Labute approximate surface area is 230 Å². The second kappa shape index (κ2) is 11.5. The molecule has 39 heavy (non-hydrogen) atoms. The topological polar surface area (TPSA) is 135 Å². The number of amides is 1. The molecule has 9 nitrogen and oxygen atoms in total. The molecular formula is C29H38N4O5S. The third-order valence-corrected chi connectivity index (χ3v) is 8.71. The fraction of sp³-hybridized carbons (Fsp3) is 0.448. The number of nitrogens with two attached hydrogens (primary N) is 1. The molecule has 4 rings (SSSR count). The summed E-state index contributed by atoms with van der Waals surface area (Å²) in [6.07, 6.45) is 1.81. The van der Waals surface area contributed by atoms with E-state index in [-0.39, 0.29) is 17.9 Å². The molecule has 1 amide bonds. The number of para-hydroxylation sites is 1. The number of H-pyrrole nitrogens is 1. The van der Waals surface area contributed by atoms with Crippen molar-refractivity contribution in [1.29, 1.82) is 0 Å². The van der Waals surface area contributed by atoms with E-state index in [2.05, 4.69) is 10.3 Å². The van der Waals surface area contributed by atoms with Gasteiger partial charge in [-0.15, -0.1) is 0 Å². The van der Waals surface area contributed by atoms with Crippen molar-refractivity contribution in [2.75, 3.05) is 6.54 Å². The lowest BCUT2D eigenvalue weighted by atomic mass is 9.97. The van der Waals surface area contributed by atoms with E-state index in [1.165, 1.54) is 4.31 Å². The summed E-state index contributed by atoms with van der Waals surface area (Å²) >= 11 is 0. The van der Waals surface area contributed by atoms with Crippen LogP contribution in [0.2, 0.25) is 0 Å². The number of aromatic amines is 1. The number of unbranched alkanes of at least 4 members (excludes halogenated alkanes) is 1. The van der Waals surface area contributed by atoms with E-state index in [1.807, 2.05) is 31.2 Å². The fourth-order valence-corrected chi connectivity index (χ4v) is 6.44. The molecule has 10 heteroatoms. The number of carbonyl (C=O) groups excluding carboxylic acids is 2. The molecule has 1 aliphatic heterocycles. The number of esters is 1. The van der Waals surface area contributed by atoms with E-state index >= 15 is 0 Å². The van der Waals surface area contributed by atoms with Gasteiger partial charge in [0.2, 0.25) is 15.9 Å². The molecule has 0 radical (unpaired) electrons. The van der Waals surface area contributed by atoms with Crippen LogP contribution in [-0.4, -0.2) is 53.8 Å². The van der Waals surface area contributed by atoms with E-state index in [0.29, 0.717) is 25.8 Å². The molecule has 2 atom stereocenters. The standard InChI is InChI=1S/C29H38N4O5S/c1-19-12-14-20(15-13-19)39(36,37)33-18-25-22(21-9-5-6-10-23(21)31-25)17-26(33)27(34)32-24(11-7-8-16-30)28(35)38-29(2,3)4/h5-6,9-10,12-15,24,26,31H,7-8,11,16-18,30H2,1-4H3,(H,32,34). The van der Waals surface area contributed by atoms with E-state index in [0.717, 1.165) is 27.7 Å². The second-order valence-corrected chi connectivity index (χ2v) is 13.0. The lowest BCUT2D eigenvalue weighted by Crippen LogP contribution is -2.55. The maximum absolute atomic E-state index is 13.9. The number of hydrogen-bond acceptors (Lipinski definition) is 6. The summed E-state index contributed by atoms with van der Waals surface area (Å²) in [5.41, 5.74) is 8.37. The predicted molar refractivity (Wildman–Crippen MR) is 150 cm³/mol. The number of nitrogens with one attached hydrogen (secondary N) is 2. The Morgan fingerprint density at radius 3 is 2.49 bits per heavy atom. The van der Waals surface area contributed by atoms with E-state index < -0.39 is 39.6 Å². The van der Waals surface area contributed by atoms with Gasteiger partial charge in [0, 0.05) is 23.0 Å². The average molecular weight is 555 g/mol. The summed E-state index contributed by atoms with van der Waals surface area (Å²) in [6, 6.07) is 12.3. The van der Waals surface area contributed by atoms with Crippen LogP contribution in [0.15, 0.2) is 53.4 Å². The van der Waals surface area contributed by atoms with Gasteiger partial charge in [0.15, 0.2) is 0 Å². The molecule has 1 aliphatic rings. The number of ether oxygens (including phenoxy) is 1. The first kappa shape index (κ1) is 28.8. The van der Waals surface area contributed by atoms with Crippen molar-refractivity contribution < 1.29 is 22.7 Å². The lowest BCUT2D eigenvalue weighted by molar-refractivity contribution is -0.159. The first-order valence-corrected chi connectivity index (χ1v) is 14.7. The molecule has 1 aromatic heterocycles. The monoisotopic (exact) mass is 554 g/mol. The molecule has 0 bridgehead atoms. The minimum absolute atomic E-state index is 0.00257. The van der Waals surface area contributed by atoms with E-state index in [4.69, 9.17) is 10.5 Å². The highest BCUT2D eigenvalue weighted by Gasteiger charge is 2.42. The summed E-state index contributed by atoms with van der Waals surface area (Å²) < 4.78 is 34.6. The zero-order valence-electron chi connectivity index (χ0n) is 23.0. The third kappa shape index (κ3) is 6.51.